The van der Waals surface area contributed by atoms with E-state index in [2.05, 4.69) is 4.72 Å². The van der Waals surface area contributed by atoms with Crippen LogP contribution in [0.15, 0.2) is 24.3 Å². The number of hydrogen-bond acceptors (Lipinski definition) is 3. The van der Waals surface area contributed by atoms with Crippen molar-refractivity contribution in [1.29, 1.82) is 0 Å². The van der Waals surface area contributed by atoms with E-state index in [1.807, 2.05) is 19.1 Å². The number of aliphatic hydroxyl groups excluding tert-OH is 1. The minimum absolute atomic E-state index is 0.0285. The summed E-state index contributed by atoms with van der Waals surface area (Å²) in [6.07, 6.45) is 1.91. The highest BCUT2D eigenvalue weighted by Crippen LogP contribution is 2.12. The Bertz CT molecular complexity index is 426. The van der Waals surface area contributed by atoms with Crippen LogP contribution < -0.4 is 4.72 Å². The first-order valence-electron chi connectivity index (χ1n) is 5.77. The van der Waals surface area contributed by atoms with Gasteiger partial charge < -0.3 is 5.11 Å². The van der Waals surface area contributed by atoms with Gasteiger partial charge in [0.15, 0.2) is 0 Å². The lowest BCUT2D eigenvalue weighted by Crippen LogP contribution is -2.16. The second kappa shape index (κ2) is 6.61. The third-order valence-corrected chi connectivity index (χ3v) is 3.83. The van der Waals surface area contributed by atoms with E-state index in [4.69, 9.17) is 5.11 Å². The number of unbranched alkanes of at least 4 members (excludes halogenated alkanes) is 1. The van der Waals surface area contributed by atoms with Gasteiger partial charge in [0.05, 0.1) is 5.75 Å². The van der Waals surface area contributed by atoms with E-state index in [1.165, 1.54) is 5.56 Å². The van der Waals surface area contributed by atoms with E-state index < -0.39 is 10.0 Å². The summed E-state index contributed by atoms with van der Waals surface area (Å²) >= 11 is 0. The van der Waals surface area contributed by atoms with Crippen LogP contribution in [-0.4, -0.2) is 25.9 Å². The van der Waals surface area contributed by atoms with Gasteiger partial charge in [0, 0.05) is 12.3 Å². The van der Waals surface area contributed by atoms with Crippen LogP contribution in [0, 0.1) is 0 Å². The van der Waals surface area contributed by atoms with Crippen molar-refractivity contribution < 1.29 is 13.5 Å². The molecule has 96 valence electrons. The standard InChI is InChI=1S/C12H19NO3S/c1-2-11-5-7-12(8-6-11)13-17(15,16)10-4-3-9-14/h5-8,13-14H,2-4,9-10H2,1H3. The van der Waals surface area contributed by atoms with Crippen molar-refractivity contribution in [3.8, 4) is 0 Å². The maximum absolute atomic E-state index is 11.6. The second-order valence-corrected chi connectivity index (χ2v) is 5.74. The summed E-state index contributed by atoms with van der Waals surface area (Å²) in [5, 5.41) is 8.60. The molecule has 1 aromatic carbocycles. The number of nitrogens with one attached hydrogen (secondary N) is 1. The van der Waals surface area contributed by atoms with Gasteiger partial charge >= 0.3 is 0 Å². The zero-order valence-corrected chi connectivity index (χ0v) is 10.8. The van der Waals surface area contributed by atoms with Crippen molar-refractivity contribution in [3.63, 3.8) is 0 Å². The molecule has 0 saturated carbocycles. The average Bonchev–Trinajstić information content (AvgIpc) is 2.30. The van der Waals surface area contributed by atoms with Crippen LogP contribution in [-0.2, 0) is 16.4 Å². The smallest absolute Gasteiger partial charge is 0.232 e. The highest BCUT2D eigenvalue weighted by Gasteiger charge is 2.09. The quantitative estimate of drug-likeness (QED) is 0.731. The van der Waals surface area contributed by atoms with Gasteiger partial charge in [-0.3, -0.25) is 4.72 Å². The molecule has 0 aliphatic carbocycles. The molecular formula is C12H19NO3S. The average molecular weight is 257 g/mol. The molecule has 0 spiro atoms. The lowest BCUT2D eigenvalue weighted by Gasteiger charge is -2.08. The molecule has 0 bridgehead atoms. The van der Waals surface area contributed by atoms with Gasteiger partial charge in [0.2, 0.25) is 10.0 Å². The maximum atomic E-state index is 11.6. The van der Waals surface area contributed by atoms with Gasteiger partial charge in [-0.25, -0.2) is 8.42 Å². The largest absolute Gasteiger partial charge is 0.396 e. The highest BCUT2D eigenvalue weighted by atomic mass is 32.2. The van der Waals surface area contributed by atoms with Crippen molar-refractivity contribution >= 4 is 15.7 Å². The number of rotatable bonds is 7. The molecule has 0 radical (unpaired) electrons. The van der Waals surface area contributed by atoms with Gasteiger partial charge in [-0.1, -0.05) is 19.1 Å². The molecule has 2 N–H and O–H groups in total. The fraction of sp³-hybridized carbons (Fsp3) is 0.500. The summed E-state index contributed by atoms with van der Waals surface area (Å²) in [5.41, 5.74) is 1.76. The SMILES string of the molecule is CCc1ccc(NS(=O)(=O)CCCCO)cc1. The fourth-order valence-corrected chi connectivity index (χ4v) is 2.62. The predicted octanol–water partition coefficient (Wildman–Crippen LogP) is 1.76. The molecular weight excluding hydrogens is 238 g/mol. The fourth-order valence-electron chi connectivity index (χ4n) is 1.44. The zero-order chi connectivity index (χ0) is 12.7. The maximum Gasteiger partial charge on any atom is 0.232 e. The van der Waals surface area contributed by atoms with Crippen LogP contribution in [0.2, 0.25) is 0 Å². The number of aryl methyl sites for hydroxylation is 1. The molecule has 5 heteroatoms. The first-order valence-corrected chi connectivity index (χ1v) is 7.43. The Morgan fingerprint density at radius 3 is 2.35 bits per heavy atom. The molecule has 1 aromatic rings. The first kappa shape index (κ1) is 14.0. The number of anilines is 1. The normalized spacial score (nSPS) is 11.4. The van der Waals surface area contributed by atoms with Crippen molar-refractivity contribution in [2.24, 2.45) is 0 Å². The number of sulfonamides is 1. The Hall–Kier alpha value is -1.07. The summed E-state index contributed by atoms with van der Waals surface area (Å²) in [6.45, 7) is 2.08. The van der Waals surface area contributed by atoms with Crippen LogP contribution in [0.4, 0.5) is 5.69 Å². The molecule has 0 aromatic heterocycles. The van der Waals surface area contributed by atoms with E-state index in [1.54, 1.807) is 12.1 Å². The topological polar surface area (TPSA) is 66.4 Å². The summed E-state index contributed by atoms with van der Waals surface area (Å²) in [7, 11) is -3.29. The summed E-state index contributed by atoms with van der Waals surface area (Å²) in [5.74, 6) is 0.0447. The Morgan fingerprint density at radius 1 is 1.18 bits per heavy atom. The number of hydrogen-bond donors (Lipinski definition) is 2. The molecule has 0 atom stereocenters. The molecule has 0 aliphatic heterocycles. The third kappa shape index (κ3) is 5.19. The van der Waals surface area contributed by atoms with Crippen LogP contribution in [0.3, 0.4) is 0 Å². The van der Waals surface area contributed by atoms with Gasteiger partial charge in [0.25, 0.3) is 0 Å². The zero-order valence-electron chi connectivity index (χ0n) is 10.0. The molecule has 0 saturated heterocycles. The lowest BCUT2D eigenvalue weighted by atomic mass is 10.2. The van der Waals surface area contributed by atoms with E-state index >= 15 is 0 Å². The molecule has 1 rings (SSSR count). The molecule has 4 nitrogen and oxygen atoms in total. The van der Waals surface area contributed by atoms with Gasteiger partial charge in [0.1, 0.15) is 0 Å². The van der Waals surface area contributed by atoms with Crippen molar-refractivity contribution in [2.75, 3.05) is 17.1 Å². The minimum Gasteiger partial charge on any atom is -0.396 e. The molecule has 0 fully saturated rings. The van der Waals surface area contributed by atoms with Gasteiger partial charge in [-0.05, 0) is 37.0 Å². The molecule has 0 unspecified atom stereocenters. The summed E-state index contributed by atoms with van der Waals surface area (Å²) in [6, 6.07) is 7.35. The monoisotopic (exact) mass is 257 g/mol. The highest BCUT2D eigenvalue weighted by molar-refractivity contribution is 7.92. The minimum atomic E-state index is -3.29. The van der Waals surface area contributed by atoms with Crippen LogP contribution in [0.25, 0.3) is 0 Å². The van der Waals surface area contributed by atoms with Gasteiger partial charge in [-0.15, -0.1) is 0 Å². The second-order valence-electron chi connectivity index (χ2n) is 3.90. The molecule has 0 heterocycles. The van der Waals surface area contributed by atoms with Crippen molar-refractivity contribution in [1.82, 2.24) is 0 Å². The van der Waals surface area contributed by atoms with E-state index in [0.29, 0.717) is 18.5 Å². The van der Waals surface area contributed by atoms with E-state index in [9.17, 15) is 8.42 Å². The Kier molecular flexibility index (Phi) is 5.44. The Morgan fingerprint density at radius 2 is 1.82 bits per heavy atom. The summed E-state index contributed by atoms with van der Waals surface area (Å²) in [4.78, 5) is 0. The Balaban J connectivity index is 2.56. The lowest BCUT2D eigenvalue weighted by molar-refractivity contribution is 0.287. The van der Waals surface area contributed by atoms with E-state index in [0.717, 1.165) is 6.42 Å². The van der Waals surface area contributed by atoms with Crippen molar-refractivity contribution in [3.05, 3.63) is 29.8 Å². The number of aliphatic hydroxyl groups is 1. The molecule has 0 amide bonds. The Labute approximate surface area is 103 Å². The van der Waals surface area contributed by atoms with Gasteiger partial charge in [-0.2, -0.15) is 0 Å². The van der Waals surface area contributed by atoms with Crippen LogP contribution in [0.5, 0.6) is 0 Å². The van der Waals surface area contributed by atoms with E-state index in [-0.39, 0.29) is 12.4 Å². The number of benzene rings is 1. The third-order valence-electron chi connectivity index (χ3n) is 2.46. The van der Waals surface area contributed by atoms with Crippen LogP contribution >= 0.6 is 0 Å². The molecule has 17 heavy (non-hydrogen) atoms. The predicted molar refractivity (Wildman–Crippen MR) is 69.5 cm³/mol. The molecule has 0 aliphatic rings. The summed E-state index contributed by atoms with van der Waals surface area (Å²) < 4.78 is 25.8. The van der Waals surface area contributed by atoms with Crippen LogP contribution in [0.1, 0.15) is 25.3 Å². The first-order chi connectivity index (χ1) is 8.07. The van der Waals surface area contributed by atoms with Crippen molar-refractivity contribution in [2.45, 2.75) is 26.2 Å².